The van der Waals surface area contributed by atoms with Gasteiger partial charge in [0.1, 0.15) is 0 Å². The molecule has 1 aliphatic carbocycles. The van der Waals surface area contributed by atoms with Gasteiger partial charge in [0.25, 0.3) is 0 Å². The van der Waals surface area contributed by atoms with Crippen LogP contribution < -0.4 is 0 Å². The van der Waals surface area contributed by atoms with Gasteiger partial charge in [-0.1, -0.05) is 50.4 Å². The summed E-state index contributed by atoms with van der Waals surface area (Å²) in [6.07, 6.45) is 5.43. The molecule has 0 unspecified atom stereocenters. The third-order valence-corrected chi connectivity index (χ3v) is 3.39. The highest BCUT2D eigenvalue weighted by molar-refractivity contribution is 6.30. The summed E-state index contributed by atoms with van der Waals surface area (Å²) in [6.45, 7) is 4.75. The van der Waals surface area contributed by atoms with Crippen molar-refractivity contribution in [1.29, 1.82) is 0 Å². The second-order valence-electron chi connectivity index (χ2n) is 5.61. The fourth-order valence-corrected chi connectivity index (χ4v) is 2.46. The van der Waals surface area contributed by atoms with Crippen LogP contribution in [-0.4, -0.2) is 0 Å². The molecule has 0 N–H and O–H groups in total. The molecule has 1 fully saturated rings. The summed E-state index contributed by atoms with van der Waals surface area (Å²) in [5.74, 6) is 1.01. The van der Waals surface area contributed by atoms with Crippen LogP contribution in [0.4, 0.5) is 0 Å². The predicted molar refractivity (Wildman–Crippen MR) is 66.3 cm³/mol. The van der Waals surface area contributed by atoms with Crippen LogP contribution in [0.1, 0.15) is 38.7 Å². The van der Waals surface area contributed by atoms with Gasteiger partial charge >= 0.3 is 0 Å². The fraction of sp³-hybridized carbons (Fsp3) is 0.571. The average molecular weight is 223 g/mol. The number of hydrogen-bond acceptors (Lipinski definition) is 0. The van der Waals surface area contributed by atoms with E-state index in [9.17, 15) is 0 Å². The Labute approximate surface area is 97.6 Å². The molecule has 0 amide bonds. The first-order valence-corrected chi connectivity index (χ1v) is 6.17. The van der Waals surface area contributed by atoms with Gasteiger partial charge in [0.2, 0.25) is 0 Å². The zero-order valence-electron chi connectivity index (χ0n) is 9.59. The van der Waals surface area contributed by atoms with E-state index in [1.165, 1.54) is 31.2 Å². The molecule has 0 nitrogen and oxygen atoms in total. The van der Waals surface area contributed by atoms with Crippen molar-refractivity contribution in [2.45, 2.75) is 39.5 Å². The highest BCUT2D eigenvalue weighted by Gasteiger charge is 2.29. The lowest BCUT2D eigenvalue weighted by atomic mass is 9.81. The smallest absolute Gasteiger partial charge is 0.0406 e. The summed E-state index contributed by atoms with van der Waals surface area (Å²) < 4.78 is 0. The predicted octanol–water partition coefficient (Wildman–Crippen LogP) is 4.71. The molecule has 1 aromatic carbocycles. The molecule has 1 aliphatic rings. The standard InChI is InChI=1S/C14H19Cl/c1-14(2,9-11-3-4-11)10-12-5-7-13(15)8-6-12/h5-8,11H,3-4,9-10H2,1-2H3. The van der Waals surface area contributed by atoms with Crippen LogP contribution in [0.3, 0.4) is 0 Å². The Kier molecular flexibility index (Phi) is 3.06. The van der Waals surface area contributed by atoms with Gasteiger partial charge in [-0.05, 0) is 41.9 Å². The van der Waals surface area contributed by atoms with E-state index in [4.69, 9.17) is 11.6 Å². The topological polar surface area (TPSA) is 0 Å². The van der Waals surface area contributed by atoms with Crippen molar-refractivity contribution >= 4 is 11.6 Å². The van der Waals surface area contributed by atoms with Crippen LogP contribution >= 0.6 is 11.6 Å². The molecule has 0 bridgehead atoms. The minimum absolute atomic E-state index is 0.439. The summed E-state index contributed by atoms with van der Waals surface area (Å²) in [5, 5.41) is 0.832. The van der Waals surface area contributed by atoms with Crippen LogP contribution in [0.2, 0.25) is 5.02 Å². The monoisotopic (exact) mass is 222 g/mol. The highest BCUT2D eigenvalue weighted by atomic mass is 35.5. The Morgan fingerprint density at radius 2 is 1.80 bits per heavy atom. The van der Waals surface area contributed by atoms with Crippen molar-refractivity contribution in [2.24, 2.45) is 11.3 Å². The molecule has 0 heterocycles. The summed E-state index contributed by atoms with van der Waals surface area (Å²) >= 11 is 5.88. The molecule has 1 aromatic rings. The van der Waals surface area contributed by atoms with Crippen molar-refractivity contribution in [3.8, 4) is 0 Å². The van der Waals surface area contributed by atoms with E-state index < -0.39 is 0 Å². The van der Waals surface area contributed by atoms with Crippen molar-refractivity contribution in [3.05, 3.63) is 34.9 Å². The number of hydrogen-bond donors (Lipinski definition) is 0. The molecular weight excluding hydrogens is 204 g/mol. The maximum Gasteiger partial charge on any atom is 0.0406 e. The fourth-order valence-electron chi connectivity index (χ4n) is 2.33. The van der Waals surface area contributed by atoms with E-state index >= 15 is 0 Å². The Morgan fingerprint density at radius 3 is 2.33 bits per heavy atom. The van der Waals surface area contributed by atoms with Crippen LogP contribution in [0.15, 0.2) is 24.3 Å². The molecule has 0 atom stereocenters. The maximum atomic E-state index is 5.88. The normalized spacial score (nSPS) is 16.7. The van der Waals surface area contributed by atoms with Gasteiger partial charge < -0.3 is 0 Å². The van der Waals surface area contributed by atoms with E-state index in [0.717, 1.165) is 10.9 Å². The largest absolute Gasteiger partial charge is 0.0843 e. The molecule has 1 heteroatoms. The Balaban J connectivity index is 1.96. The molecule has 82 valence electrons. The van der Waals surface area contributed by atoms with Gasteiger partial charge in [-0.25, -0.2) is 0 Å². The van der Waals surface area contributed by atoms with Crippen molar-refractivity contribution < 1.29 is 0 Å². The minimum atomic E-state index is 0.439. The van der Waals surface area contributed by atoms with Gasteiger partial charge in [0.15, 0.2) is 0 Å². The van der Waals surface area contributed by atoms with Crippen molar-refractivity contribution in [2.75, 3.05) is 0 Å². The second kappa shape index (κ2) is 4.17. The minimum Gasteiger partial charge on any atom is -0.0843 e. The molecule has 0 spiro atoms. The Morgan fingerprint density at radius 1 is 1.20 bits per heavy atom. The lowest BCUT2D eigenvalue weighted by molar-refractivity contribution is 0.313. The summed E-state index contributed by atoms with van der Waals surface area (Å²) in [4.78, 5) is 0. The molecule has 15 heavy (non-hydrogen) atoms. The third-order valence-electron chi connectivity index (χ3n) is 3.13. The first kappa shape index (κ1) is 11.0. The van der Waals surface area contributed by atoms with E-state index in [-0.39, 0.29) is 0 Å². The van der Waals surface area contributed by atoms with Crippen LogP contribution in [-0.2, 0) is 6.42 Å². The SMILES string of the molecule is CC(C)(Cc1ccc(Cl)cc1)CC1CC1. The van der Waals surface area contributed by atoms with Crippen LogP contribution in [0, 0.1) is 11.3 Å². The van der Waals surface area contributed by atoms with Gasteiger partial charge in [-0.15, -0.1) is 0 Å². The van der Waals surface area contributed by atoms with E-state index in [1.54, 1.807) is 0 Å². The molecule has 0 saturated heterocycles. The Hall–Kier alpha value is -0.490. The highest BCUT2D eigenvalue weighted by Crippen LogP contribution is 2.41. The maximum absolute atomic E-state index is 5.88. The van der Waals surface area contributed by atoms with Gasteiger partial charge in [0.05, 0.1) is 0 Å². The zero-order valence-corrected chi connectivity index (χ0v) is 10.3. The van der Waals surface area contributed by atoms with Crippen molar-refractivity contribution in [3.63, 3.8) is 0 Å². The lowest BCUT2D eigenvalue weighted by Gasteiger charge is -2.24. The van der Waals surface area contributed by atoms with Gasteiger partial charge in [0, 0.05) is 5.02 Å². The van der Waals surface area contributed by atoms with Gasteiger partial charge in [-0.2, -0.15) is 0 Å². The Bertz CT molecular complexity index is 320. The molecule has 0 aliphatic heterocycles. The average Bonchev–Trinajstić information content (AvgIpc) is 2.91. The second-order valence-corrected chi connectivity index (χ2v) is 6.05. The van der Waals surface area contributed by atoms with Crippen LogP contribution in [0.25, 0.3) is 0 Å². The first-order chi connectivity index (χ1) is 7.05. The summed E-state index contributed by atoms with van der Waals surface area (Å²) in [7, 11) is 0. The molecule has 0 aromatic heterocycles. The first-order valence-electron chi connectivity index (χ1n) is 5.80. The van der Waals surface area contributed by atoms with E-state index in [2.05, 4.69) is 26.0 Å². The summed E-state index contributed by atoms with van der Waals surface area (Å²) in [5.41, 5.74) is 1.85. The van der Waals surface area contributed by atoms with E-state index in [0.29, 0.717) is 5.41 Å². The van der Waals surface area contributed by atoms with Gasteiger partial charge in [-0.3, -0.25) is 0 Å². The number of benzene rings is 1. The number of rotatable bonds is 4. The molecule has 2 rings (SSSR count). The van der Waals surface area contributed by atoms with Crippen molar-refractivity contribution in [1.82, 2.24) is 0 Å². The lowest BCUT2D eigenvalue weighted by Crippen LogP contribution is -2.15. The molecule has 0 radical (unpaired) electrons. The third kappa shape index (κ3) is 3.53. The molecule has 1 saturated carbocycles. The van der Waals surface area contributed by atoms with Crippen LogP contribution in [0.5, 0.6) is 0 Å². The quantitative estimate of drug-likeness (QED) is 0.692. The summed E-state index contributed by atoms with van der Waals surface area (Å²) in [6, 6.07) is 8.28. The molecular formula is C14H19Cl. The number of halogens is 1. The zero-order chi connectivity index (χ0) is 10.9. The van der Waals surface area contributed by atoms with E-state index in [1.807, 2.05) is 12.1 Å².